The molecule has 4 nitrogen and oxygen atoms in total. The van der Waals surface area contributed by atoms with Gasteiger partial charge in [-0.1, -0.05) is 17.7 Å². The van der Waals surface area contributed by atoms with E-state index in [9.17, 15) is 4.79 Å². The topological polar surface area (TPSA) is 47.6 Å². The van der Waals surface area contributed by atoms with Gasteiger partial charge in [0.05, 0.1) is 13.2 Å². The van der Waals surface area contributed by atoms with E-state index in [1.165, 1.54) is 0 Å². The highest BCUT2D eigenvalue weighted by molar-refractivity contribution is 6.31. The third kappa shape index (κ3) is 5.17. The fraction of sp³-hybridized carbons (Fsp3) is 0.417. The number of hydrogen-bond acceptors (Lipinski definition) is 3. The molecule has 0 aliphatic rings. The Kier molecular flexibility index (Phi) is 5.97. The molecular weight excluding hydrogens is 242 g/mol. The van der Waals surface area contributed by atoms with Crippen molar-refractivity contribution in [1.82, 2.24) is 0 Å². The van der Waals surface area contributed by atoms with Crippen LogP contribution in [0.4, 0.5) is 5.69 Å². The monoisotopic (exact) mass is 257 g/mol. The summed E-state index contributed by atoms with van der Waals surface area (Å²) in [7, 11) is 1.58. The summed E-state index contributed by atoms with van der Waals surface area (Å²) >= 11 is 5.85. The second kappa shape index (κ2) is 7.27. The smallest absolute Gasteiger partial charge is 0.250 e. The minimum absolute atomic E-state index is 0.00924. The predicted octanol–water partition coefficient (Wildman–Crippen LogP) is 2.25. The van der Waals surface area contributed by atoms with Crippen molar-refractivity contribution in [2.24, 2.45) is 0 Å². The maximum absolute atomic E-state index is 11.5. The number of carbonyl (C=O) groups excluding carboxylic acids is 1. The number of carbonyl (C=O) groups is 1. The average molecular weight is 258 g/mol. The lowest BCUT2D eigenvalue weighted by molar-refractivity contribution is -0.121. The molecule has 1 aromatic carbocycles. The molecule has 5 heteroatoms. The SMILES string of the molecule is COCCOCC(=O)Nc1cc(Cl)ccc1C. The average Bonchev–Trinajstić information content (AvgIpc) is 2.29. The van der Waals surface area contributed by atoms with Crippen molar-refractivity contribution in [2.75, 3.05) is 32.2 Å². The zero-order valence-corrected chi connectivity index (χ0v) is 10.7. The summed E-state index contributed by atoms with van der Waals surface area (Å²) in [5.74, 6) is -0.202. The van der Waals surface area contributed by atoms with E-state index in [2.05, 4.69) is 5.32 Å². The van der Waals surface area contributed by atoms with Crippen molar-refractivity contribution in [1.29, 1.82) is 0 Å². The largest absolute Gasteiger partial charge is 0.382 e. The number of anilines is 1. The van der Waals surface area contributed by atoms with E-state index in [0.717, 1.165) is 5.56 Å². The molecule has 0 heterocycles. The summed E-state index contributed by atoms with van der Waals surface area (Å²) < 4.78 is 9.91. The van der Waals surface area contributed by atoms with Crippen molar-refractivity contribution < 1.29 is 14.3 Å². The first kappa shape index (κ1) is 14.0. The first-order valence-electron chi connectivity index (χ1n) is 5.26. The number of halogens is 1. The lowest BCUT2D eigenvalue weighted by atomic mass is 10.2. The van der Waals surface area contributed by atoms with Gasteiger partial charge in [0.15, 0.2) is 0 Å². The van der Waals surface area contributed by atoms with Crippen LogP contribution in [-0.4, -0.2) is 32.8 Å². The molecule has 0 saturated heterocycles. The lowest BCUT2D eigenvalue weighted by Crippen LogP contribution is -2.20. The van der Waals surface area contributed by atoms with Crippen LogP contribution >= 0.6 is 11.6 Å². The zero-order chi connectivity index (χ0) is 12.7. The number of nitrogens with one attached hydrogen (secondary N) is 1. The molecule has 0 bridgehead atoms. The molecule has 0 spiro atoms. The summed E-state index contributed by atoms with van der Waals surface area (Å²) in [5, 5.41) is 3.33. The maximum Gasteiger partial charge on any atom is 0.250 e. The van der Waals surface area contributed by atoms with Gasteiger partial charge in [-0.25, -0.2) is 0 Å². The predicted molar refractivity (Wildman–Crippen MR) is 67.5 cm³/mol. The molecule has 17 heavy (non-hydrogen) atoms. The highest BCUT2D eigenvalue weighted by Gasteiger charge is 2.05. The van der Waals surface area contributed by atoms with E-state index >= 15 is 0 Å². The summed E-state index contributed by atoms with van der Waals surface area (Å²) in [6.45, 7) is 2.79. The number of amides is 1. The van der Waals surface area contributed by atoms with Crippen molar-refractivity contribution >= 4 is 23.2 Å². The first-order chi connectivity index (χ1) is 8.13. The minimum Gasteiger partial charge on any atom is -0.382 e. The number of rotatable bonds is 6. The van der Waals surface area contributed by atoms with Crippen molar-refractivity contribution in [3.05, 3.63) is 28.8 Å². The van der Waals surface area contributed by atoms with Crippen LogP contribution in [0, 0.1) is 6.92 Å². The highest BCUT2D eigenvalue weighted by Crippen LogP contribution is 2.19. The van der Waals surface area contributed by atoms with Crippen molar-refractivity contribution in [3.8, 4) is 0 Å². The van der Waals surface area contributed by atoms with E-state index in [4.69, 9.17) is 21.1 Å². The van der Waals surface area contributed by atoms with E-state index < -0.39 is 0 Å². The first-order valence-corrected chi connectivity index (χ1v) is 5.64. The number of benzene rings is 1. The van der Waals surface area contributed by atoms with Gasteiger partial charge < -0.3 is 14.8 Å². The molecule has 1 aromatic rings. The number of aryl methyl sites for hydroxylation is 1. The van der Waals surface area contributed by atoms with Gasteiger partial charge >= 0.3 is 0 Å². The van der Waals surface area contributed by atoms with Crippen LogP contribution in [0.1, 0.15) is 5.56 Å². The lowest BCUT2D eigenvalue weighted by Gasteiger charge is -2.09. The Morgan fingerprint density at radius 3 is 2.88 bits per heavy atom. The number of hydrogen-bond donors (Lipinski definition) is 1. The van der Waals surface area contributed by atoms with Gasteiger partial charge in [-0.05, 0) is 24.6 Å². The molecule has 1 amide bonds. The third-order valence-corrected chi connectivity index (χ3v) is 2.37. The van der Waals surface area contributed by atoms with Gasteiger partial charge in [0, 0.05) is 17.8 Å². The van der Waals surface area contributed by atoms with Crippen LogP contribution in [0.2, 0.25) is 5.02 Å². The van der Waals surface area contributed by atoms with Crippen LogP contribution in [0.3, 0.4) is 0 Å². The van der Waals surface area contributed by atoms with E-state index in [-0.39, 0.29) is 12.5 Å². The Balaban J connectivity index is 2.42. The van der Waals surface area contributed by atoms with Gasteiger partial charge in [0.1, 0.15) is 6.61 Å². The number of ether oxygens (including phenoxy) is 2. The number of methoxy groups -OCH3 is 1. The molecule has 1 N–H and O–H groups in total. The molecule has 0 aliphatic carbocycles. The molecule has 0 unspecified atom stereocenters. The molecule has 0 atom stereocenters. The summed E-state index contributed by atoms with van der Waals surface area (Å²) in [6, 6.07) is 5.34. The Morgan fingerprint density at radius 2 is 2.18 bits per heavy atom. The van der Waals surface area contributed by atoms with Gasteiger partial charge in [0.25, 0.3) is 0 Å². The minimum atomic E-state index is -0.202. The molecule has 0 aromatic heterocycles. The molecule has 0 radical (unpaired) electrons. The Hall–Kier alpha value is -1.10. The van der Waals surface area contributed by atoms with Gasteiger partial charge in [-0.15, -0.1) is 0 Å². The summed E-state index contributed by atoms with van der Waals surface area (Å²) in [5.41, 5.74) is 1.66. The van der Waals surface area contributed by atoms with Crippen LogP contribution < -0.4 is 5.32 Å². The maximum atomic E-state index is 11.5. The summed E-state index contributed by atoms with van der Waals surface area (Å²) in [4.78, 5) is 11.5. The Bertz CT molecular complexity index is 382. The van der Waals surface area contributed by atoms with E-state index in [1.54, 1.807) is 19.2 Å². The normalized spacial score (nSPS) is 10.3. The Labute approximate surface area is 106 Å². The van der Waals surface area contributed by atoms with Crippen LogP contribution in [-0.2, 0) is 14.3 Å². The molecular formula is C12H16ClNO3. The van der Waals surface area contributed by atoms with Crippen LogP contribution in [0.5, 0.6) is 0 Å². The fourth-order valence-electron chi connectivity index (χ4n) is 1.22. The van der Waals surface area contributed by atoms with Gasteiger partial charge in [-0.3, -0.25) is 4.79 Å². The van der Waals surface area contributed by atoms with Crippen molar-refractivity contribution in [2.45, 2.75) is 6.92 Å². The molecule has 0 fully saturated rings. The molecule has 1 rings (SSSR count). The van der Waals surface area contributed by atoms with Crippen LogP contribution in [0.15, 0.2) is 18.2 Å². The quantitative estimate of drug-likeness (QED) is 0.795. The molecule has 0 aliphatic heterocycles. The Morgan fingerprint density at radius 1 is 1.41 bits per heavy atom. The second-order valence-electron chi connectivity index (χ2n) is 3.55. The van der Waals surface area contributed by atoms with E-state index in [1.807, 2.05) is 13.0 Å². The standard InChI is InChI=1S/C12H16ClNO3/c1-9-3-4-10(13)7-11(9)14-12(15)8-17-6-5-16-2/h3-4,7H,5-6,8H2,1-2H3,(H,14,15). The van der Waals surface area contributed by atoms with Crippen LogP contribution in [0.25, 0.3) is 0 Å². The molecule has 0 saturated carbocycles. The van der Waals surface area contributed by atoms with E-state index in [0.29, 0.717) is 23.9 Å². The van der Waals surface area contributed by atoms with Gasteiger partial charge in [-0.2, -0.15) is 0 Å². The van der Waals surface area contributed by atoms with Gasteiger partial charge in [0.2, 0.25) is 5.91 Å². The summed E-state index contributed by atoms with van der Waals surface area (Å²) in [6.07, 6.45) is 0. The third-order valence-electron chi connectivity index (χ3n) is 2.14. The highest BCUT2D eigenvalue weighted by atomic mass is 35.5. The zero-order valence-electron chi connectivity index (χ0n) is 9.96. The molecule has 94 valence electrons. The fourth-order valence-corrected chi connectivity index (χ4v) is 1.39. The second-order valence-corrected chi connectivity index (χ2v) is 3.99. The van der Waals surface area contributed by atoms with Crippen molar-refractivity contribution in [3.63, 3.8) is 0 Å².